The van der Waals surface area contributed by atoms with Crippen molar-refractivity contribution in [1.29, 1.82) is 0 Å². The van der Waals surface area contributed by atoms with Gasteiger partial charge in [-0.05, 0) is 33.1 Å². The van der Waals surface area contributed by atoms with Crippen LogP contribution in [0.5, 0.6) is 0 Å². The van der Waals surface area contributed by atoms with E-state index in [4.69, 9.17) is 5.73 Å². The second kappa shape index (κ2) is 5.26. The van der Waals surface area contributed by atoms with Crippen LogP contribution in [0.15, 0.2) is 0 Å². The topological polar surface area (TPSA) is 66.6 Å². The summed E-state index contributed by atoms with van der Waals surface area (Å²) in [5, 5.41) is 0. The maximum atomic E-state index is 12.1. The molecule has 0 aliphatic carbocycles. The van der Waals surface area contributed by atoms with Gasteiger partial charge in [0.25, 0.3) is 0 Å². The number of hydrogen-bond acceptors (Lipinski definition) is 3. The molecule has 2 heterocycles. The average Bonchev–Trinajstić information content (AvgIpc) is 2.71. The highest BCUT2D eigenvalue weighted by atomic mass is 16.2. The van der Waals surface area contributed by atoms with Crippen LogP contribution < -0.4 is 5.73 Å². The number of hydrogen-bond donors (Lipinski definition) is 1. The SMILES string of the molecule is CC(C)N1CCC(N2CCC(C(N)=O)C2=O)CC1. The van der Waals surface area contributed by atoms with Gasteiger partial charge >= 0.3 is 0 Å². The average molecular weight is 253 g/mol. The van der Waals surface area contributed by atoms with Crippen LogP contribution in [0.2, 0.25) is 0 Å². The number of amides is 2. The van der Waals surface area contributed by atoms with Crippen molar-refractivity contribution in [3.05, 3.63) is 0 Å². The minimum Gasteiger partial charge on any atom is -0.369 e. The molecule has 0 aromatic carbocycles. The van der Waals surface area contributed by atoms with E-state index in [-0.39, 0.29) is 5.91 Å². The summed E-state index contributed by atoms with van der Waals surface area (Å²) >= 11 is 0. The van der Waals surface area contributed by atoms with Gasteiger partial charge in [-0.25, -0.2) is 0 Å². The lowest BCUT2D eigenvalue weighted by atomic mass is 10.0. The number of piperidine rings is 1. The van der Waals surface area contributed by atoms with Crippen molar-refractivity contribution in [2.75, 3.05) is 19.6 Å². The molecule has 0 aromatic heterocycles. The van der Waals surface area contributed by atoms with Crippen molar-refractivity contribution in [1.82, 2.24) is 9.80 Å². The third-order valence-corrected chi connectivity index (χ3v) is 4.25. The van der Waals surface area contributed by atoms with E-state index in [1.54, 1.807) is 0 Å². The van der Waals surface area contributed by atoms with Crippen LogP contribution in [0.4, 0.5) is 0 Å². The quantitative estimate of drug-likeness (QED) is 0.730. The van der Waals surface area contributed by atoms with Crippen molar-refractivity contribution in [3.63, 3.8) is 0 Å². The Balaban J connectivity index is 1.91. The Labute approximate surface area is 108 Å². The Morgan fingerprint density at radius 1 is 1.22 bits per heavy atom. The van der Waals surface area contributed by atoms with E-state index in [1.165, 1.54) is 0 Å². The number of primary amides is 1. The molecule has 2 aliphatic rings. The molecule has 0 radical (unpaired) electrons. The first-order chi connectivity index (χ1) is 8.50. The summed E-state index contributed by atoms with van der Waals surface area (Å²) in [5.41, 5.74) is 5.25. The second-order valence-electron chi connectivity index (χ2n) is 5.64. The van der Waals surface area contributed by atoms with E-state index in [1.807, 2.05) is 4.90 Å². The van der Waals surface area contributed by atoms with Gasteiger partial charge in [-0.2, -0.15) is 0 Å². The van der Waals surface area contributed by atoms with E-state index in [2.05, 4.69) is 18.7 Å². The molecule has 2 fully saturated rings. The van der Waals surface area contributed by atoms with Gasteiger partial charge in [0.1, 0.15) is 5.92 Å². The van der Waals surface area contributed by atoms with E-state index in [0.29, 0.717) is 25.0 Å². The Kier molecular flexibility index (Phi) is 3.90. The lowest BCUT2D eigenvalue weighted by Crippen LogP contribution is -2.48. The zero-order valence-corrected chi connectivity index (χ0v) is 11.3. The van der Waals surface area contributed by atoms with Gasteiger partial charge in [0.05, 0.1) is 0 Å². The number of nitrogens with two attached hydrogens (primary N) is 1. The first-order valence-corrected chi connectivity index (χ1v) is 6.84. The number of carbonyl (C=O) groups excluding carboxylic acids is 2. The summed E-state index contributed by atoms with van der Waals surface area (Å²) in [7, 11) is 0. The molecule has 5 heteroatoms. The molecular formula is C13H23N3O2. The first kappa shape index (κ1) is 13.3. The zero-order chi connectivity index (χ0) is 13.3. The largest absolute Gasteiger partial charge is 0.369 e. The van der Waals surface area contributed by atoms with Crippen LogP contribution in [0.1, 0.15) is 33.1 Å². The predicted octanol–water partition coefficient (Wildman–Crippen LogP) is 0.193. The molecule has 0 aromatic rings. The Morgan fingerprint density at radius 2 is 1.83 bits per heavy atom. The number of likely N-dealkylation sites (tertiary alicyclic amines) is 2. The van der Waals surface area contributed by atoms with Crippen molar-refractivity contribution in [3.8, 4) is 0 Å². The summed E-state index contributed by atoms with van der Waals surface area (Å²) in [6, 6.07) is 0.871. The standard InChI is InChI=1S/C13H23N3O2/c1-9(2)15-6-3-10(4-7-15)16-8-5-11(12(14)17)13(16)18/h9-11H,3-8H2,1-2H3,(H2,14,17). The Hall–Kier alpha value is -1.10. The van der Waals surface area contributed by atoms with E-state index < -0.39 is 11.8 Å². The van der Waals surface area contributed by atoms with Crippen LogP contribution in [0.3, 0.4) is 0 Å². The molecule has 2 amide bonds. The maximum absolute atomic E-state index is 12.1. The Bertz CT molecular complexity index is 335. The highest BCUT2D eigenvalue weighted by Gasteiger charge is 2.39. The smallest absolute Gasteiger partial charge is 0.235 e. The van der Waals surface area contributed by atoms with E-state index in [9.17, 15) is 9.59 Å². The lowest BCUT2D eigenvalue weighted by molar-refractivity contribution is -0.138. The van der Waals surface area contributed by atoms with Gasteiger partial charge in [-0.1, -0.05) is 0 Å². The second-order valence-corrected chi connectivity index (χ2v) is 5.64. The fraction of sp³-hybridized carbons (Fsp3) is 0.846. The minimum atomic E-state index is -0.576. The monoisotopic (exact) mass is 253 g/mol. The van der Waals surface area contributed by atoms with Crippen LogP contribution in [0, 0.1) is 5.92 Å². The molecule has 102 valence electrons. The molecule has 2 aliphatic heterocycles. The highest BCUT2D eigenvalue weighted by Crippen LogP contribution is 2.26. The molecule has 0 bridgehead atoms. The van der Waals surface area contributed by atoms with E-state index >= 15 is 0 Å². The molecule has 18 heavy (non-hydrogen) atoms. The van der Waals surface area contributed by atoms with Gasteiger partial charge in [0.15, 0.2) is 0 Å². The van der Waals surface area contributed by atoms with Gasteiger partial charge < -0.3 is 15.5 Å². The molecule has 5 nitrogen and oxygen atoms in total. The predicted molar refractivity (Wildman–Crippen MR) is 68.7 cm³/mol. The van der Waals surface area contributed by atoms with Crippen molar-refractivity contribution in [2.45, 2.75) is 45.2 Å². The fourth-order valence-corrected chi connectivity index (χ4v) is 3.04. The van der Waals surface area contributed by atoms with Gasteiger partial charge in [-0.3, -0.25) is 9.59 Å². The highest BCUT2D eigenvalue weighted by molar-refractivity contribution is 6.01. The molecule has 0 spiro atoms. The third kappa shape index (κ3) is 2.51. The number of carbonyl (C=O) groups is 2. The molecular weight excluding hydrogens is 230 g/mol. The third-order valence-electron chi connectivity index (χ3n) is 4.25. The number of nitrogens with zero attached hydrogens (tertiary/aromatic N) is 2. The van der Waals surface area contributed by atoms with Crippen LogP contribution >= 0.6 is 0 Å². The normalized spacial score (nSPS) is 27.2. The summed E-state index contributed by atoms with van der Waals surface area (Å²) in [5.74, 6) is -1.10. The summed E-state index contributed by atoms with van der Waals surface area (Å²) in [6.45, 7) is 7.16. The van der Waals surface area contributed by atoms with Crippen molar-refractivity contribution >= 4 is 11.8 Å². The zero-order valence-electron chi connectivity index (χ0n) is 11.3. The summed E-state index contributed by atoms with van der Waals surface area (Å²) < 4.78 is 0. The van der Waals surface area contributed by atoms with Gasteiger partial charge in [0.2, 0.25) is 11.8 Å². The summed E-state index contributed by atoms with van der Waals surface area (Å²) in [4.78, 5) is 27.5. The van der Waals surface area contributed by atoms with E-state index in [0.717, 1.165) is 25.9 Å². The van der Waals surface area contributed by atoms with Crippen LogP contribution in [-0.4, -0.2) is 53.3 Å². The van der Waals surface area contributed by atoms with Crippen molar-refractivity contribution in [2.24, 2.45) is 11.7 Å². The molecule has 2 saturated heterocycles. The molecule has 0 saturated carbocycles. The minimum absolute atomic E-state index is 0.0505. The van der Waals surface area contributed by atoms with Crippen LogP contribution in [0.25, 0.3) is 0 Å². The Morgan fingerprint density at radius 3 is 2.28 bits per heavy atom. The maximum Gasteiger partial charge on any atom is 0.235 e. The summed E-state index contributed by atoms with van der Waals surface area (Å²) in [6.07, 6.45) is 2.61. The first-order valence-electron chi connectivity index (χ1n) is 6.84. The van der Waals surface area contributed by atoms with Gasteiger partial charge in [0, 0.05) is 31.7 Å². The number of rotatable bonds is 3. The molecule has 1 unspecified atom stereocenters. The van der Waals surface area contributed by atoms with Crippen molar-refractivity contribution < 1.29 is 9.59 Å². The molecule has 2 rings (SSSR count). The van der Waals surface area contributed by atoms with Gasteiger partial charge in [-0.15, -0.1) is 0 Å². The molecule has 1 atom stereocenters. The fourth-order valence-electron chi connectivity index (χ4n) is 3.04. The lowest BCUT2D eigenvalue weighted by Gasteiger charge is -2.38. The van der Waals surface area contributed by atoms with Crippen LogP contribution in [-0.2, 0) is 9.59 Å². The molecule has 2 N–H and O–H groups in total.